The number of carbonyl (C=O) groups excluding carboxylic acids is 1. The fraction of sp³-hybridized carbons (Fsp3) is 0.945. The Morgan fingerprint density at radius 2 is 1.08 bits per heavy atom. The van der Waals surface area contributed by atoms with Crippen LogP contribution in [0.1, 0.15) is 126 Å². The van der Waals surface area contributed by atoms with Gasteiger partial charge in [-0.3, -0.25) is 4.79 Å². The molecule has 10 aliphatic rings. The largest absolute Gasteiger partial charge is 0.390 e. The summed E-state index contributed by atoms with van der Waals surface area (Å²) in [4.78, 5) is 13.5. The fourth-order valence-corrected chi connectivity index (χ4v) is 15.3. The van der Waals surface area contributed by atoms with E-state index in [4.69, 9.17) is 75.8 Å². The smallest absolute Gasteiger partial charge is 0.187 e. The summed E-state index contributed by atoms with van der Waals surface area (Å²) in [6, 6.07) is 0. The minimum absolute atomic E-state index is 0.0504. The minimum atomic E-state index is -0.968. The molecule has 0 aromatic heterocycles. The zero-order chi connectivity index (χ0) is 53.5. The molecule has 20 heteroatoms. The van der Waals surface area contributed by atoms with Crippen LogP contribution in [0.25, 0.3) is 0 Å². The molecule has 0 aromatic carbocycles. The quantitative estimate of drug-likeness (QED) is 0.206. The first-order valence-electron chi connectivity index (χ1n) is 28.0. The Morgan fingerprint density at radius 1 is 0.560 bits per heavy atom. The first-order chi connectivity index (χ1) is 35.7. The number of Topliss-reactive ketones (excluding diaryl/α,β-unsaturated/α-hetero) is 1. The number of aliphatic hydroxyl groups is 3. The standard InChI is InChI=1S/C55H88O20/c1-25-17-34(56)50(63-12)52(64-25)73-46-27(3)65-42(20-35(46)57)70-47-29(5)67-44(22-38(47)61-10)72-49-30(6)68-45(23-39(49)62-11)71-48-28(4)66-43(21-37(48)60-9)69-32-14-15-53(7)31(18-32)13-16-55-40(53)24-41(75-55)54(8)33(26(2)74-55)19-36(58)51(54)59/h13,25-30,32-50,52,56-58H,14-24H2,1-12H3/t25-,26+,27-,28-,29-,30-,32+,33+,34-,35+,36+,37+,38-,39-,40-,41-,42+,43+,44+,45+,46-,47-,48-,49-,50+,52+,53+,54+,55+/m1/s1. The molecule has 3 aliphatic carbocycles. The van der Waals surface area contributed by atoms with Crippen molar-refractivity contribution in [1.29, 1.82) is 0 Å². The minimum Gasteiger partial charge on any atom is -0.390 e. The highest BCUT2D eigenvalue weighted by molar-refractivity contribution is 5.91. The summed E-state index contributed by atoms with van der Waals surface area (Å²) in [7, 11) is 6.46. The Bertz CT molecular complexity index is 1990. The monoisotopic (exact) mass is 1070 g/mol. The molecule has 0 amide bonds. The van der Waals surface area contributed by atoms with Gasteiger partial charge in [0, 0.05) is 78.8 Å². The molecule has 9 fully saturated rings. The SMILES string of the molecule is CO[C@@H]1[C@H](O[C@H]2[C@@H](O)C[C@H](O[C@@H]3[C@@H](C)O[C@@H](O[C@@H]4[C@@H](C)O[C@@H](O[C@H]5[C@@H](OC)C[C@H](O[C@H]6CC[C@@]7(C)C(=CC[C@@]89O[C@@H](C)[C@@H]%10C[C@H](O)C(=O)[C@]%10(C)[C@@H](C[C@@H]87)O9)C6)O[C@@H]5C)C[C@H]4OC)C[C@H]3OC)O[C@@H]2C)O[C@H](C)C[C@H]1O. The number of rotatable bonds is 14. The summed E-state index contributed by atoms with van der Waals surface area (Å²) >= 11 is 0. The molecule has 428 valence electrons. The number of methoxy groups -OCH3 is 4. The van der Waals surface area contributed by atoms with Crippen molar-refractivity contribution < 1.29 is 95.9 Å². The van der Waals surface area contributed by atoms with Crippen LogP contribution < -0.4 is 0 Å². The molecule has 10 rings (SSSR count). The lowest BCUT2D eigenvalue weighted by atomic mass is 9.56. The molecule has 2 saturated carbocycles. The van der Waals surface area contributed by atoms with E-state index in [-0.39, 0.29) is 66.1 Å². The van der Waals surface area contributed by atoms with Gasteiger partial charge in [-0.25, -0.2) is 0 Å². The molecule has 0 radical (unpaired) electrons. The van der Waals surface area contributed by atoms with Crippen LogP contribution in [0.4, 0.5) is 0 Å². The molecule has 7 heterocycles. The predicted octanol–water partition coefficient (Wildman–Crippen LogP) is 4.37. The molecule has 7 saturated heterocycles. The first kappa shape index (κ1) is 56.9. The van der Waals surface area contributed by atoms with Crippen LogP contribution in [-0.2, 0) is 80.6 Å². The van der Waals surface area contributed by atoms with Crippen molar-refractivity contribution in [1.82, 2.24) is 0 Å². The van der Waals surface area contributed by atoms with Crippen molar-refractivity contribution >= 4 is 5.78 Å². The van der Waals surface area contributed by atoms with E-state index in [9.17, 15) is 20.1 Å². The van der Waals surface area contributed by atoms with Crippen molar-refractivity contribution in [2.45, 2.75) is 279 Å². The highest BCUT2D eigenvalue weighted by Crippen LogP contribution is 2.66. The average Bonchev–Trinajstić information content (AvgIpc) is 3.89. The average molecular weight is 1070 g/mol. The molecule has 75 heavy (non-hydrogen) atoms. The molecule has 29 atom stereocenters. The normalized spacial score (nSPS) is 54.1. The van der Waals surface area contributed by atoms with Gasteiger partial charge in [-0.2, -0.15) is 0 Å². The van der Waals surface area contributed by atoms with Crippen molar-refractivity contribution in [3.63, 3.8) is 0 Å². The van der Waals surface area contributed by atoms with Gasteiger partial charge in [0.25, 0.3) is 0 Å². The molecule has 2 bridgehead atoms. The molecule has 3 N–H and O–H groups in total. The lowest BCUT2D eigenvalue weighted by Gasteiger charge is -2.53. The van der Waals surface area contributed by atoms with Crippen LogP contribution in [0.2, 0.25) is 0 Å². The topological polar surface area (TPSA) is 225 Å². The summed E-state index contributed by atoms with van der Waals surface area (Å²) < 4.78 is 102. The molecule has 1 spiro atoms. The maximum Gasteiger partial charge on any atom is 0.187 e. The van der Waals surface area contributed by atoms with Gasteiger partial charge in [0.2, 0.25) is 0 Å². The Labute approximate surface area is 442 Å². The van der Waals surface area contributed by atoms with Crippen molar-refractivity contribution in [2.24, 2.45) is 22.7 Å². The summed E-state index contributed by atoms with van der Waals surface area (Å²) in [5, 5.41) is 32.5. The third-order valence-electron chi connectivity index (χ3n) is 19.4. The second-order valence-corrected chi connectivity index (χ2v) is 24.0. The van der Waals surface area contributed by atoms with Gasteiger partial charge in [0.1, 0.15) is 36.6 Å². The zero-order valence-corrected chi connectivity index (χ0v) is 46.1. The number of hydrogen-bond donors (Lipinski definition) is 3. The van der Waals surface area contributed by atoms with Crippen LogP contribution in [0.15, 0.2) is 11.6 Å². The van der Waals surface area contributed by atoms with Crippen LogP contribution in [-0.4, -0.2) is 203 Å². The number of ether oxygens (including phenoxy) is 16. The van der Waals surface area contributed by atoms with E-state index in [2.05, 4.69) is 13.0 Å². The van der Waals surface area contributed by atoms with E-state index >= 15 is 0 Å². The summed E-state index contributed by atoms with van der Waals surface area (Å²) in [5.74, 6) is -0.873. The van der Waals surface area contributed by atoms with Crippen LogP contribution in [0.3, 0.4) is 0 Å². The maximum absolute atomic E-state index is 13.5. The number of ketones is 1. The Hall–Kier alpha value is -1.35. The summed E-state index contributed by atoms with van der Waals surface area (Å²) in [5.41, 5.74) is 0.399. The van der Waals surface area contributed by atoms with Gasteiger partial charge in [-0.05, 0) is 86.0 Å². The molecule has 0 unspecified atom stereocenters. The number of carbonyl (C=O) groups is 1. The second-order valence-electron chi connectivity index (χ2n) is 24.0. The maximum atomic E-state index is 13.5. The van der Waals surface area contributed by atoms with E-state index in [0.29, 0.717) is 38.5 Å². The van der Waals surface area contributed by atoms with Gasteiger partial charge >= 0.3 is 0 Å². The number of fused-ring (bicyclic) bond motifs is 5. The van der Waals surface area contributed by atoms with Gasteiger partial charge in [-0.15, -0.1) is 0 Å². The lowest BCUT2D eigenvalue weighted by Crippen LogP contribution is -2.58. The molecular formula is C55H88O20. The second kappa shape index (κ2) is 22.5. The predicted molar refractivity (Wildman–Crippen MR) is 262 cm³/mol. The van der Waals surface area contributed by atoms with Gasteiger partial charge in [0.15, 0.2) is 43.0 Å². The number of hydrogen-bond acceptors (Lipinski definition) is 20. The van der Waals surface area contributed by atoms with E-state index < -0.39 is 122 Å². The number of aliphatic hydroxyl groups excluding tert-OH is 3. The van der Waals surface area contributed by atoms with Gasteiger partial charge < -0.3 is 91.1 Å². The first-order valence-corrected chi connectivity index (χ1v) is 28.0. The van der Waals surface area contributed by atoms with Crippen LogP contribution in [0.5, 0.6) is 0 Å². The van der Waals surface area contributed by atoms with Crippen molar-refractivity contribution in [3.8, 4) is 0 Å². The van der Waals surface area contributed by atoms with Gasteiger partial charge in [0.05, 0.1) is 84.8 Å². The van der Waals surface area contributed by atoms with Crippen LogP contribution in [0, 0.1) is 22.7 Å². The Balaban J connectivity index is 0.695. The third kappa shape index (κ3) is 10.6. The van der Waals surface area contributed by atoms with E-state index in [0.717, 1.165) is 25.7 Å². The van der Waals surface area contributed by atoms with Crippen molar-refractivity contribution in [3.05, 3.63) is 11.6 Å². The van der Waals surface area contributed by atoms with Crippen molar-refractivity contribution in [2.75, 3.05) is 28.4 Å². The molecule has 20 nitrogen and oxygen atoms in total. The Morgan fingerprint density at radius 3 is 1.61 bits per heavy atom. The molecule has 7 aliphatic heterocycles. The summed E-state index contributed by atoms with van der Waals surface area (Å²) in [6.07, 6.45) is -4.47. The van der Waals surface area contributed by atoms with Crippen LogP contribution >= 0.6 is 0 Å². The van der Waals surface area contributed by atoms with E-state index in [1.807, 2.05) is 41.5 Å². The highest BCUT2D eigenvalue weighted by Gasteiger charge is 2.70. The summed E-state index contributed by atoms with van der Waals surface area (Å²) in [6.45, 7) is 15.9. The van der Waals surface area contributed by atoms with Gasteiger partial charge in [-0.1, -0.05) is 18.6 Å². The molecular weight excluding hydrogens is 981 g/mol. The van der Waals surface area contributed by atoms with E-state index in [1.54, 1.807) is 28.3 Å². The molecule has 0 aromatic rings. The highest BCUT2D eigenvalue weighted by atomic mass is 16.8. The lowest BCUT2D eigenvalue weighted by molar-refractivity contribution is -0.353. The Kier molecular flexibility index (Phi) is 17.1. The third-order valence-corrected chi connectivity index (χ3v) is 19.4. The fourth-order valence-electron chi connectivity index (χ4n) is 15.3. The van der Waals surface area contributed by atoms with E-state index in [1.165, 1.54) is 12.7 Å². The zero-order valence-electron chi connectivity index (χ0n) is 46.1.